The summed E-state index contributed by atoms with van der Waals surface area (Å²) < 4.78 is 4.85. The molecular formula is C19H20N4O4. The lowest BCUT2D eigenvalue weighted by molar-refractivity contribution is -0.134. The predicted molar refractivity (Wildman–Crippen MR) is 93.6 cm³/mol. The van der Waals surface area contributed by atoms with Gasteiger partial charge in [-0.05, 0) is 25.0 Å². The summed E-state index contributed by atoms with van der Waals surface area (Å²) >= 11 is 0. The topological polar surface area (TPSA) is 96.6 Å². The lowest BCUT2D eigenvalue weighted by Gasteiger charge is -2.28. The third-order valence-electron chi connectivity index (χ3n) is 5.18. The average Bonchev–Trinajstić information content (AvgIpc) is 3.21. The SMILES string of the molecule is O=C1c2ccccc2C(=O)N1CCC(=O)N1CCCCCC1c1ncon1. The molecule has 1 aromatic carbocycles. The molecule has 1 unspecified atom stereocenters. The molecule has 2 aliphatic rings. The lowest BCUT2D eigenvalue weighted by Crippen LogP contribution is -2.39. The smallest absolute Gasteiger partial charge is 0.261 e. The van der Waals surface area contributed by atoms with E-state index < -0.39 is 0 Å². The van der Waals surface area contributed by atoms with Gasteiger partial charge in [0.25, 0.3) is 11.8 Å². The summed E-state index contributed by atoms with van der Waals surface area (Å²) in [7, 11) is 0. The van der Waals surface area contributed by atoms with Gasteiger partial charge >= 0.3 is 0 Å². The molecule has 1 fully saturated rings. The zero-order valence-corrected chi connectivity index (χ0v) is 14.8. The van der Waals surface area contributed by atoms with E-state index in [4.69, 9.17) is 4.52 Å². The van der Waals surface area contributed by atoms with E-state index in [-0.39, 0.29) is 36.7 Å². The van der Waals surface area contributed by atoms with Crippen LogP contribution < -0.4 is 0 Å². The van der Waals surface area contributed by atoms with Gasteiger partial charge in [0, 0.05) is 19.5 Å². The van der Waals surface area contributed by atoms with Crippen molar-refractivity contribution >= 4 is 17.7 Å². The number of imide groups is 1. The van der Waals surface area contributed by atoms with Gasteiger partial charge in [-0.3, -0.25) is 19.3 Å². The van der Waals surface area contributed by atoms with Crippen LogP contribution in [0.1, 0.15) is 64.7 Å². The molecule has 1 saturated heterocycles. The highest BCUT2D eigenvalue weighted by Crippen LogP contribution is 2.29. The van der Waals surface area contributed by atoms with Crippen molar-refractivity contribution in [3.05, 3.63) is 47.6 Å². The van der Waals surface area contributed by atoms with E-state index in [1.807, 2.05) is 0 Å². The van der Waals surface area contributed by atoms with Gasteiger partial charge in [0.05, 0.1) is 17.2 Å². The second-order valence-electron chi connectivity index (χ2n) is 6.80. The molecule has 8 nitrogen and oxygen atoms in total. The van der Waals surface area contributed by atoms with Gasteiger partial charge in [-0.2, -0.15) is 4.98 Å². The lowest BCUT2D eigenvalue weighted by atomic mass is 10.1. The molecule has 0 spiro atoms. The minimum atomic E-state index is -0.339. The first kappa shape index (κ1) is 17.4. The van der Waals surface area contributed by atoms with E-state index in [0.717, 1.165) is 30.6 Å². The van der Waals surface area contributed by atoms with E-state index in [1.165, 1.54) is 6.39 Å². The number of amides is 3. The fourth-order valence-corrected chi connectivity index (χ4v) is 3.79. The Hall–Kier alpha value is -3.03. The molecular weight excluding hydrogens is 348 g/mol. The number of hydrogen-bond donors (Lipinski definition) is 0. The number of aromatic nitrogens is 2. The van der Waals surface area contributed by atoms with Gasteiger partial charge in [-0.15, -0.1) is 0 Å². The van der Waals surface area contributed by atoms with Crippen LogP contribution in [0, 0.1) is 0 Å². The molecule has 140 valence electrons. The average molecular weight is 368 g/mol. The first-order valence-corrected chi connectivity index (χ1v) is 9.18. The largest absolute Gasteiger partial charge is 0.343 e. The van der Waals surface area contributed by atoms with Crippen molar-refractivity contribution in [3.8, 4) is 0 Å². The molecule has 0 N–H and O–H groups in total. The summed E-state index contributed by atoms with van der Waals surface area (Å²) in [5.74, 6) is -0.280. The quantitative estimate of drug-likeness (QED) is 0.768. The number of nitrogens with zero attached hydrogens (tertiary/aromatic N) is 4. The van der Waals surface area contributed by atoms with Gasteiger partial charge in [-0.25, -0.2) is 0 Å². The second kappa shape index (κ2) is 7.30. The van der Waals surface area contributed by atoms with Crippen molar-refractivity contribution in [1.82, 2.24) is 19.9 Å². The zero-order chi connectivity index (χ0) is 18.8. The van der Waals surface area contributed by atoms with E-state index in [2.05, 4.69) is 10.1 Å². The molecule has 1 aromatic heterocycles. The van der Waals surface area contributed by atoms with E-state index in [1.54, 1.807) is 29.2 Å². The van der Waals surface area contributed by atoms with Crippen molar-refractivity contribution in [2.75, 3.05) is 13.1 Å². The third kappa shape index (κ3) is 3.22. The summed E-state index contributed by atoms with van der Waals surface area (Å²) in [6.07, 6.45) is 5.06. The standard InChI is InChI=1S/C19H20N4O4/c24-16(22-10-5-1-2-8-15(22)17-20-12-27-21-17)9-11-23-18(25)13-6-3-4-7-14(13)19(23)26/h3-4,6-7,12,15H,1-2,5,8-11H2. The highest BCUT2D eigenvalue weighted by molar-refractivity contribution is 6.21. The van der Waals surface area contributed by atoms with Crippen LogP contribution in [0.2, 0.25) is 0 Å². The summed E-state index contributed by atoms with van der Waals surface area (Å²) in [4.78, 5) is 44.8. The number of hydrogen-bond acceptors (Lipinski definition) is 6. The maximum atomic E-state index is 12.9. The summed E-state index contributed by atoms with van der Waals surface area (Å²) in [6, 6.07) is 6.51. The predicted octanol–water partition coefficient (Wildman–Crippen LogP) is 2.20. The molecule has 2 aromatic rings. The number of carbonyl (C=O) groups is 3. The van der Waals surface area contributed by atoms with Crippen LogP contribution in [0.4, 0.5) is 0 Å². The van der Waals surface area contributed by atoms with E-state index >= 15 is 0 Å². The fourth-order valence-electron chi connectivity index (χ4n) is 3.79. The van der Waals surface area contributed by atoms with Crippen LogP contribution in [0.15, 0.2) is 35.2 Å². The monoisotopic (exact) mass is 368 g/mol. The Balaban J connectivity index is 1.46. The maximum Gasteiger partial charge on any atom is 0.261 e. The van der Waals surface area contributed by atoms with Crippen molar-refractivity contribution in [3.63, 3.8) is 0 Å². The molecule has 1 atom stereocenters. The maximum absolute atomic E-state index is 12.9. The van der Waals surface area contributed by atoms with Gasteiger partial charge in [0.15, 0.2) is 5.82 Å². The normalized spacial score (nSPS) is 19.9. The van der Waals surface area contributed by atoms with Gasteiger partial charge in [-0.1, -0.05) is 30.1 Å². The van der Waals surface area contributed by atoms with E-state index in [9.17, 15) is 14.4 Å². The summed E-state index contributed by atoms with van der Waals surface area (Å²) in [5.41, 5.74) is 0.795. The third-order valence-corrected chi connectivity index (χ3v) is 5.18. The Morgan fingerprint density at radius 3 is 2.52 bits per heavy atom. The van der Waals surface area contributed by atoms with Crippen molar-refractivity contribution in [1.29, 1.82) is 0 Å². The van der Waals surface area contributed by atoms with Crippen molar-refractivity contribution < 1.29 is 18.9 Å². The molecule has 3 heterocycles. The van der Waals surface area contributed by atoms with E-state index in [0.29, 0.717) is 23.5 Å². The van der Waals surface area contributed by atoms with Crippen LogP contribution in [-0.2, 0) is 4.79 Å². The van der Waals surface area contributed by atoms with Crippen LogP contribution in [0.5, 0.6) is 0 Å². The summed E-state index contributed by atoms with van der Waals surface area (Å²) in [6.45, 7) is 0.681. The zero-order valence-electron chi connectivity index (χ0n) is 14.8. The fraction of sp³-hybridized carbons (Fsp3) is 0.421. The Kier molecular flexibility index (Phi) is 4.70. The van der Waals surface area contributed by atoms with Crippen LogP contribution in [0.25, 0.3) is 0 Å². The Labute approximate surface area is 156 Å². The Morgan fingerprint density at radius 2 is 1.85 bits per heavy atom. The Morgan fingerprint density at radius 1 is 1.11 bits per heavy atom. The first-order chi connectivity index (χ1) is 13.2. The molecule has 8 heteroatoms. The number of benzene rings is 1. The minimum Gasteiger partial charge on any atom is -0.343 e. The minimum absolute atomic E-state index is 0.0701. The van der Waals surface area contributed by atoms with Crippen LogP contribution >= 0.6 is 0 Å². The number of rotatable bonds is 4. The van der Waals surface area contributed by atoms with Gasteiger partial charge < -0.3 is 9.42 Å². The molecule has 4 rings (SSSR count). The van der Waals surface area contributed by atoms with Crippen LogP contribution in [0.3, 0.4) is 0 Å². The number of carbonyl (C=O) groups excluding carboxylic acids is 3. The van der Waals surface area contributed by atoms with Crippen molar-refractivity contribution in [2.24, 2.45) is 0 Å². The second-order valence-corrected chi connectivity index (χ2v) is 6.80. The molecule has 0 saturated carbocycles. The first-order valence-electron chi connectivity index (χ1n) is 9.18. The molecule has 0 aliphatic carbocycles. The molecule has 27 heavy (non-hydrogen) atoms. The van der Waals surface area contributed by atoms with Gasteiger partial charge in [0.2, 0.25) is 12.3 Å². The molecule has 0 bridgehead atoms. The molecule has 2 aliphatic heterocycles. The Bertz CT molecular complexity index is 829. The van der Waals surface area contributed by atoms with Gasteiger partial charge in [0.1, 0.15) is 0 Å². The van der Waals surface area contributed by atoms with Crippen molar-refractivity contribution in [2.45, 2.75) is 38.1 Å². The number of likely N-dealkylation sites (tertiary alicyclic amines) is 1. The number of fused-ring (bicyclic) bond motifs is 1. The highest BCUT2D eigenvalue weighted by Gasteiger charge is 2.36. The molecule has 3 amide bonds. The summed E-state index contributed by atoms with van der Waals surface area (Å²) in [5, 5.41) is 3.90. The molecule has 0 radical (unpaired) electrons. The highest BCUT2D eigenvalue weighted by atomic mass is 16.5. The van der Waals surface area contributed by atoms with Crippen LogP contribution in [-0.4, -0.2) is 50.8 Å².